The van der Waals surface area contributed by atoms with E-state index < -0.39 is 23.8 Å². The molecule has 1 saturated heterocycles. The predicted octanol–water partition coefficient (Wildman–Crippen LogP) is 6.61. The second-order valence-electron chi connectivity index (χ2n) is 12.6. The first-order chi connectivity index (χ1) is 23.7. The number of ether oxygens (including phenoxy) is 2. The van der Waals surface area contributed by atoms with Gasteiger partial charge in [-0.15, -0.1) is 0 Å². The number of nitrogens with zero attached hydrogens (tertiary/aromatic N) is 5. The summed E-state index contributed by atoms with van der Waals surface area (Å²) in [5.41, 5.74) is 4.52. The number of aromatic amines is 1. The van der Waals surface area contributed by atoms with Crippen LogP contribution in [0.1, 0.15) is 52.9 Å². The van der Waals surface area contributed by atoms with Crippen molar-refractivity contribution in [1.82, 2.24) is 29.2 Å². The van der Waals surface area contributed by atoms with Crippen molar-refractivity contribution in [3.63, 3.8) is 0 Å². The van der Waals surface area contributed by atoms with Crippen molar-refractivity contribution in [3.05, 3.63) is 129 Å². The Balaban J connectivity index is 1.13. The number of nitrogens with one attached hydrogen (secondary N) is 1. The molecule has 0 spiro atoms. The standard InChI is InChI=1S/C37H36F2N6O4/c1-23-13-24(14-28-21-45(22-48-2)42-34(23)28)17-33(35-40-9-12-44(35)20-25-15-29(38)19-30(39)16-25)49-37(47)43-10-7-26(8-11-43)31-18-27-5-3-4-6-32(27)41-36(31)46/h3-6,9,12-16,18-19,21,26,33H,7-8,10-11,17,20,22H2,1-2H3,(H,41,46)/t33-/m1/s1. The van der Waals surface area contributed by atoms with Gasteiger partial charge in [0.25, 0.3) is 5.56 Å². The lowest BCUT2D eigenvalue weighted by Gasteiger charge is -2.32. The average Bonchev–Trinajstić information content (AvgIpc) is 3.71. The molecule has 0 radical (unpaired) electrons. The van der Waals surface area contributed by atoms with Gasteiger partial charge in [0.05, 0.1) is 5.52 Å². The zero-order chi connectivity index (χ0) is 34.1. The minimum absolute atomic E-state index is 0.00694. The Morgan fingerprint density at radius 3 is 2.57 bits per heavy atom. The van der Waals surface area contributed by atoms with Crippen molar-refractivity contribution in [2.75, 3.05) is 20.2 Å². The van der Waals surface area contributed by atoms with Crippen LogP contribution in [-0.2, 0) is 29.2 Å². The van der Waals surface area contributed by atoms with Gasteiger partial charge in [-0.3, -0.25) is 4.79 Å². The molecule has 49 heavy (non-hydrogen) atoms. The Morgan fingerprint density at radius 2 is 1.80 bits per heavy atom. The minimum Gasteiger partial charge on any atom is -0.438 e. The van der Waals surface area contributed by atoms with E-state index in [9.17, 15) is 18.4 Å². The number of para-hydroxylation sites is 1. The number of imidazole rings is 1. The van der Waals surface area contributed by atoms with E-state index in [1.807, 2.05) is 55.6 Å². The zero-order valence-electron chi connectivity index (χ0n) is 27.2. The number of aromatic nitrogens is 5. The Morgan fingerprint density at radius 1 is 1.02 bits per heavy atom. The molecule has 3 aromatic carbocycles. The molecule has 252 valence electrons. The summed E-state index contributed by atoms with van der Waals surface area (Å²) in [6.45, 7) is 3.26. The average molecular weight is 667 g/mol. The van der Waals surface area contributed by atoms with Gasteiger partial charge in [-0.05, 0) is 78.1 Å². The number of piperidine rings is 1. The maximum absolute atomic E-state index is 14.1. The van der Waals surface area contributed by atoms with Crippen LogP contribution in [0.25, 0.3) is 21.8 Å². The Kier molecular flexibility index (Phi) is 8.96. The van der Waals surface area contributed by atoms with Crippen LogP contribution in [0, 0.1) is 18.6 Å². The molecule has 3 aromatic heterocycles. The Hall–Kier alpha value is -5.36. The number of aryl methyl sites for hydroxylation is 1. The van der Waals surface area contributed by atoms with Crippen LogP contribution in [0.15, 0.2) is 84.0 Å². The van der Waals surface area contributed by atoms with E-state index in [-0.39, 0.29) is 18.0 Å². The molecule has 1 amide bonds. The smallest absolute Gasteiger partial charge is 0.410 e. The molecule has 7 rings (SSSR count). The summed E-state index contributed by atoms with van der Waals surface area (Å²) in [6, 6.07) is 17.0. The lowest BCUT2D eigenvalue weighted by atomic mass is 9.89. The van der Waals surface area contributed by atoms with Crippen LogP contribution in [-0.4, -0.2) is 55.5 Å². The number of pyridine rings is 1. The summed E-state index contributed by atoms with van der Waals surface area (Å²) in [6.07, 6.45) is 5.41. The molecular weight excluding hydrogens is 630 g/mol. The normalized spacial score (nSPS) is 14.5. The molecule has 0 saturated carbocycles. The van der Waals surface area contributed by atoms with E-state index in [0.717, 1.165) is 44.6 Å². The maximum atomic E-state index is 14.1. The minimum atomic E-state index is -0.812. The van der Waals surface area contributed by atoms with Crippen molar-refractivity contribution >= 4 is 27.9 Å². The number of fused-ring (bicyclic) bond motifs is 2. The number of amides is 1. The first-order valence-corrected chi connectivity index (χ1v) is 16.2. The fourth-order valence-electron chi connectivity index (χ4n) is 6.83. The fourth-order valence-corrected chi connectivity index (χ4v) is 6.83. The third-order valence-electron chi connectivity index (χ3n) is 9.12. The number of methoxy groups -OCH3 is 1. The number of carbonyl (C=O) groups is 1. The number of hydrogen-bond donors (Lipinski definition) is 1. The van der Waals surface area contributed by atoms with Gasteiger partial charge in [0.1, 0.15) is 18.4 Å². The molecule has 1 fully saturated rings. The summed E-state index contributed by atoms with van der Waals surface area (Å²) in [5.74, 6) is -0.894. The van der Waals surface area contributed by atoms with Crippen LogP contribution in [0.5, 0.6) is 0 Å². The van der Waals surface area contributed by atoms with Crippen LogP contribution < -0.4 is 5.56 Å². The summed E-state index contributed by atoms with van der Waals surface area (Å²) in [5, 5.41) is 6.49. The van der Waals surface area contributed by atoms with Crippen molar-refractivity contribution < 1.29 is 23.0 Å². The summed E-state index contributed by atoms with van der Waals surface area (Å²) >= 11 is 0. The van der Waals surface area contributed by atoms with Crippen LogP contribution in [0.2, 0.25) is 0 Å². The van der Waals surface area contributed by atoms with Gasteiger partial charge >= 0.3 is 6.09 Å². The summed E-state index contributed by atoms with van der Waals surface area (Å²) in [4.78, 5) is 35.9. The van der Waals surface area contributed by atoms with E-state index in [0.29, 0.717) is 50.5 Å². The highest BCUT2D eigenvalue weighted by Gasteiger charge is 2.30. The van der Waals surface area contributed by atoms with Crippen molar-refractivity contribution in [2.24, 2.45) is 0 Å². The van der Waals surface area contributed by atoms with Gasteiger partial charge in [-0.1, -0.05) is 24.3 Å². The van der Waals surface area contributed by atoms with Crippen molar-refractivity contribution in [3.8, 4) is 0 Å². The summed E-state index contributed by atoms with van der Waals surface area (Å²) in [7, 11) is 1.61. The number of carbonyl (C=O) groups excluding carboxylic acids is 1. The number of benzene rings is 3. The second kappa shape index (κ2) is 13.6. The van der Waals surface area contributed by atoms with Crippen molar-refractivity contribution in [1.29, 1.82) is 0 Å². The van der Waals surface area contributed by atoms with Gasteiger partial charge in [0, 0.05) is 74.3 Å². The molecule has 0 unspecified atom stereocenters. The van der Waals surface area contributed by atoms with Crippen LogP contribution in [0.4, 0.5) is 13.6 Å². The van der Waals surface area contributed by atoms with Crippen LogP contribution in [0.3, 0.4) is 0 Å². The second-order valence-corrected chi connectivity index (χ2v) is 12.6. The molecule has 1 atom stereocenters. The van der Waals surface area contributed by atoms with Crippen molar-refractivity contribution in [2.45, 2.75) is 51.5 Å². The third kappa shape index (κ3) is 6.95. The van der Waals surface area contributed by atoms with E-state index in [1.165, 1.54) is 12.1 Å². The van der Waals surface area contributed by atoms with Gasteiger partial charge in [-0.2, -0.15) is 5.10 Å². The van der Waals surface area contributed by atoms with E-state index in [1.54, 1.807) is 33.7 Å². The molecule has 0 bridgehead atoms. The molecule has 0 aliphatic carbocycles. The number of likely N-dealkylation sites (tertiary alicyclic amines) is 1. The van der Waals surface area contributed by atoms with Crippen LogP contribution >= 0.6 is 0 Å². The zero-order valence-corrected chi connectivity index (χ0v) is 27.2. The monoisotopic (exact) mass is 666 g/mol. The first-order valence-electron chi connectivity index (χ1n) is 16.2. The molecule has 6 aromatic rings. The summed E-state index contributed by atoms with van der Waals surface area (Å²) < 4.78 is 43.0. The molecule has 10 nitrogen and oxygen atoms in total. The lowest BCUT2D eigenvalue weighted by Crippen LogP contribution is -2.40. The number of rotatable bonds is 9. The Bertz CT molecular complexity index is 2180. The number of halogens is 2. The quantitative estimate of drug-likeness (QED) is 0.186. The fraction of sp³-hybridized carbons (Fsp3) is 0.297. The van der Waals surface area contributed by atoms with E-state index >= 15 is 0 Å². The highest BCUT2D eigenvalue weighted by molar-refractivity contribution is 5.82. The van der Waals surface area contributed by atoms with E-state index in [2.05, 4.69) is 15.1 Å². The molecule has 1 N–H and O–H groups in total. The molecule has 1 aliphatic rings. The predicted molar refractivity (Wildman–Crippen MR) is 180 cm³/mol. The molecule has 12 heteroatoms. The lowest BCUT2D eigenvalue weighted by molar-refractivity contribution is 0.0507. The van der Waals surface area contributed by atoms with Gasteiger partial charge < -0.3 is 23.9 Å². The Labute approximate surface area is 280 Å². The molecule has 1 aliphatic heterocycles. The number of H-pyrrole nitrogens is 1. The van der Waals surface area contributed by atoms with Gasteiger partial charge in [0.2, 0.25) is 0 Å². The van der Waals surface area contributed by atoms with E-state index in [4.69, 9.17) is 9.47 Å². The third-order valence-corrected chi connectivity index (χ3v) is 9.12. The molecular formula is C37H36F2N6O4. The number of hydrogen-bond acceptors (Lipinski definition) is 6. The topological polar surface area (TPSA) is 107 Å². The SMILES string of the molecule is COCn1cc2cc(C[C@@H](OC(=O)N3CCC(c4cc5ccccc5[nH]c4=O)CC3)c3nccn3Cc3cc(F)cc(F)c3)cc(C)c2n1. The van der Waals surface area contributed by atoms with Gasteiger partial charge in [-0.25, -0.2) is 23.2 Å². The van der Waals surface area contributed by atoms with Gasteiger partial charge in [0.15, 0.2) is 11.9 Å². The largest absolute Gasteiger partial charge is 0.438 e. The first kappa shape index (κ1) is 32.2. The highest BCUT2D eigenvalue weighted by Crippen LogP contribution is 2.31. The molecule has 4 heterocycles. The highest BCUT2D eigenvalue weighted by atomic mass is 19.1. The maximum Gasteiger partial charge on any atom is 0.410 e.